The zero-order valence-corrected chi connectivity index (χ0v) is 13.5. The maximum atomic E-state index is 14.1. The zero-order chi connectivity index (χ0) is 18.0. The van der Waals surface area contributed by atoms with Gasteiger partial charge in [-0.1, -0.05) is 0 Å². The Morgan fingerprint density at radius 1 is 1.32 bits per heavy atom. The number of carbonyl (C=O) groups is 2. The maximum absolute atomic E-state index is 14.1. The summed E-state index contributed by atoms with van der Waals surface area (Å²) in [7, 11) is 1.47. The minimum absolute atomic E-state index is 0.0327. The number of ether oxygens (including phenoxy) is 2. The van der Waals surface area contributed by atoms with Crippen molar-refractivity contribution in [3.63, 3.8) is 0 Å². The van der Waals surface area contributed by atoms with E-state index in [2.05, 4.69) is 0 Å². The molecule has 0 bridgehead atoms. The average Bonchev–Trinajstić information content (AvgIpc) is 2.64. The van der Waals surface area contributed by atoms with E-state index in [1.807, 2.05) is 0 Å². The Morgan fingerprint density at radius 2 is 2.12 bits per heavy atom. The highest BCUT2D eigenvalue weighted by atomic mass is 19.1. The molecule has 6 nitrogen and oxygen atoms in total. The summed E-state index contributed by atoms with van der Waals surface area (Å²) in [5, 5.41) is 9.01. The number of fused-ring (bicyclic) bond motifs is 1. The number of nitrogens with zero attached hydrogens (tertiary/aromatic N) is 1. The number of benzene rings is 2. The van der Waals surface area contributed by atoms with Gasteiger partial charge >= 0.3 is 0 Å². The molecule has 0 aromatic heterocycles. The topological polar surface area (TPSA) is 76.1 Å². The Kier molecular flexibility index (Phi) is 4.67. The molecule has 7 heteroatoms. The first-order valence-electron chi connectivity index (χ1n) is 7.57. The highest BCUT2D eigenvalue weighted by Gasteiger charge is 2.27. The number of carbonyl (C=O) groups excluding carboxylic acids is 2. The van der Waals surface area contributed by atoms with Crippen molar-refractivity contribution in [1.82, 2.24) is 0 Å². The number of ketones is 1. The number of methoxy groups -OCH3 is 1. The quantitative estimate of drug-likeness (QED) is 0.838. The molecule has 2 aromatic carbocycles. The van der Waals surface area contributed by atoms with Gasteiger partial charge in [0, 0.05) is 11.1 Å². The lowest BCUT2D eigenvalue weighted by molar-refractivity contribution is -0.121. The van der Waals surface area contributed by atoms with Gasteiger partial charge in [0.25, 0.3) is 5.91 Å². The van der Waals surface area contributed by atoms with Crippen molar-refractivity contribution < 1.29 is 28.6 Å². The van der Waals surface area contributed by atoms with Gasteiger partial charge in [-0.25, -0.2) is 4.39 Å². The molecule has 1 N–H and O–H groups in total. The van der Waals surface area contributed by atoms with Gasteiger partial charge in [-0.2, -0.15) is 0 Å². The molecule has 1 amide bonds. The third-order valence-electron chi connectivity index (χ3n) is 3.95. The summed E-state index contributed by atoms with van der Waals surface area (Å²) in [5.41, 5.74) is 0.882. The van der Waals surface area contributed by atoms with Crippen molar-refractivity contribution >= 4 is 17.4 Å². The smallest absolute Gasteiger partial charge is 0.265 e. The number of hydrogen-bond donors (Lipinski definition) is 1. The molecule has 130 valence electrons. The molecular weight excluding hydrogens is 329 g/mol. The van der Waals surface area contributed by atoms with E-state index >= 15 is 0 Å². The predicted molar refractivity (Wildman–Crippen MR) is 87.5 cm³/mol. The summed E-state index contributed by atoms with van der Waals surface area (Å²) >= 11 is 0. The first kappa shape index (κ1) is 16.9. The molecule has 0 saturated carbocycles. The van der Waals surface area contributed by atoms with Gasteiger partial charge in [-0.15, -0.1) is 0 Å². The molecule has 25 heavy (non-hydrogen) atoms. The molecule has 1 aliphatic heterocycles. The molecule has 0 spiro atoms. The summed E-state index contributed by atoms with van der Waals surface area (Å²) in [6.45, 7) is -0.848. The molecule has 1 heterocycles. The third-order valence-corrected chi connectivity index (χ3v) is 3.95. The first-order chi connectivity index (χ1) is 12.0. The van der Waals surface area contributed by atoms with Crippen molar-refractivity contribution in [2.75, 3.05) is 25.2 Å². The van der Waals surface area contributed by atoms with Crippen LogP contribution >= 0.6 is 0 Å². The van der Waals surface area contributed by atoms with Gasteiger partial charge in [0.2, 0.25) is 0 Å². The van der Waals surface area contributed by atoms with E-state index in [-0.39, 0.29) is 30.2 Å². The van der Waals surface area contributed by atoms with Gasteiger partial charge < -0.3 is 19.5 Å². The van der Waals surface area contributed by atoms with Crippen LogP contribution in [0.2, 0.25) is 0 Å². The van der Waals surface area contributed by atoms with Gasteiger partial charge in [0.05, 0.1) is 19.3 Å². The second-order valence-electron chi connectivity index (χ2n) is 5.49. The van der Waals surface area contributed by atoms with Crippen LogP contribution in [0.1, 0.15) is 15.9 Å². The highest BCUT2D eigenvalue weighted by Crippen LogP contribution is 2.34. The standard InChI is InChI=1S/C18H16FNO5/c1-24-13-3-4-14(19)12(6-13)8-20-15-7-11(16(22)9-21)2-5-17(15)25-10-18(20)23/h2-7,21H,8-10H2,1H3. The number of amides is 1. The second kappa shape index (κ2) is 6.90. The summed E-state index contributed by atoms with van der Waals surface area (Å²) in [6, 6.07) is 8.80. The van der Waals surface area contributed by atoms with Crippen molar-refractivity contribution in [3.05, 3.63) is 53.3 Å². The first-order valence-corrected chi connectivity index (χ1v) is 7.57. The SMILES string of the molecule is COc1ccc(F)c(CN2C(=O)COc3ccc(C(=O)CO)cc32)c1. The molecule has 2 aromatic rings. The van der Waals surface area contributed by atoms with Gasteiger partial charge in [-0.3, -0.25) is 9.59 Å². The van der Waals surface area contributed by atoms with E-state index in [0.29, 0.717) is 17.2 Å². The number of anilines is 1. The number of aliphatic hydroxyl groups excluding tert-OH is 1. The van der Waals surface area contributed by atoms with Crippen LogP contribution < -0.4 is 14.4 Å². The van der Waals surface area contributed by atoms with Crippen LogP contribution in [0.25, 0.3) is 0 Å². The largest absolute Gasteiger partial charge is 0.497 e. The van der Waals surface area contributed by atoms with Crippen LogP contribution in [-0.4, -0.2) is 37.1 Å². The van der Waals surface area contributed by atoms with E-state index < -0.39 is 18.2 Å². The molecule has 0 unspecified atom stereocenters. The van der Waals surface area contributed by atoms with Crippen LogP contribution in [0.15, 0.2) is 36.4 Å². The van der Waals surface area contributed by atoms with E-state index in [9.17, 15) is 14.0 Å². The number of halogens is 1. The number of rotatable bonds is 5. The second-order valence-corrected chi connectivity index (χ2v) is 5.49. The fourth-order valence-electron chi connectivity index (χ4n) is 2.61. The van der Waals surface area contributed by atoms with Crippen molar-refractivity contribution in [2.45, 2.75) is 6.54 Å². The fraction of sp³-hybridized carbons (Fsp3) is 0.222. The molecular formula is C18H16FNO5. The van der Waals surface area contributed by atoms with Crippen LogP contribution in [0.5, 0.6) is 11.5 Å². The molecule has 0 radical (unpaired) electrons. The summed E-state index contributed by atoms with van der Waals surface area (Å²) < 4.78 is 24.6. The average molecular weight is 345 g/mol. The van der Waals surface area contributed by atoms with E-state index in [0.717, 1.165) is 0 Å². The minimum Gasteiger partial charge on any atom is -0.497 e. The fourth-order valence-corrected chi connectivity index (χ4v) is 2.61. The minimum atomic E-state index is -0.641. The van der Waals surface area contributed by atoms with Crippen molar-refractivity contribution in [2.24, 2.45) is 0 Å². The van der Waals surface area contributed by atoms with E-state index in [1.165, 1.54) is 42.3 Å². The molecule has 0 aliphatic carbocycles. The zero-order valence-electron chi connectivity index (χ0n) is 13.5. The summed E-state index contributed by atoms with van der Waals surface area (Å²) in [5.74, 6) is -0.417. The lowest BCUT2D eigenvalue weighted by Crippen LogP contribution is -2.38. The van der Waals surface area contributed by atoms with Crippen LogP contribution in [0.4, 0.5) is 10.1 Å². The Labute approximate surface area is 143 Å². The normalized spacial score (nSPS) is 13.2. The third kappa shape index (κ3) is 3.32. The number of Topliss-reactive ketones (excluding diaryl/α,β-unsaturated/α-hetero) is 1. The summed E-state index contributed by atoms with van der Waals surface area (Å²) in [6.07, 6.45) is 0. The van der Waals surface area contributed by atoms with Gasteiger partial charge in [-0.05, 0) is 36.4 Å². The maximum Gasteiger partial charge on any atom is 0.265 e. The molecule has 0 saturated heterocycles. The lowest BCUT2D eigenvalue weighted by atomic mass is 10.1. The molecule has 3 rings (SSSR count). The molecule has 1 aliphatic rings. The highest BCUT2D eigenvalue weighted by molar-refractivity contribution is 6.02. The number of hydrogen-bond acceptors (Lipinski definition) is 5. The Bertz CT molecular complexity index is 836. The molecule has 0 atom stereocenters. The van der Waals surface area contributed by atoms with Crippen molar-refractivity contribution in [1.29, 1.82) is 0 Å². The van der Waals surface area contributed by atoms with Crippen molar-refractivity contribution in [3.8, 4) is 11.5 Å². The predicted octanol–water partition coefficient (Wildman–Crippen LogP) is 1.93. The monoisotopic (exact) mass is 345 g/mol. The van der Waals surface area contributed by atoms with Gasteiger partial charge in [0.1, 0.15) is 23.9 Å². The van der Waals surface area contributed by atoms with Crippen LogP contribution in [0.3, 0.4) is 0 Å². The van der Waals surface area contributed by atoms with E-state index in [1.54, 1.807) is 6.07 Å². The number of aliphatic hydroxyl groups is 1. The van der Waals surface area contributed by atoms with Crippen LogP contribution in [-0.2, 0) is 11.3 Å². The van der Waals surface area contributed by atoms with Crippen LogP contribution in [0, 0.1) is 5.82 Å². The van der Waals surface area contributed by atoms with Gasteiger partial charge in [0.15, 0.2) is 12.4 Å². The summed E-state index contributed by atoms with van der Waals surface area (Å²) in [4.78, 5) is 25.4. The Morgan fingerprint density at radius 3 is 2.84 bits per heavy atom. The van der Waals surface area contributed by atoms with E-state index in [4.69, 9.17) is 14.6 Å². The lowest BCUT2D eigenvalue weighted by Gasteiger charge is -2.30. The Balaban J connectivity index is 2.00. The Hall–Kier alpha value is -2.93. The molecule has 0 fully saturated rings.